The molecule has 0 aliphatic carbocycles. The molecular weight excluding hydrogens is 362 g/mol. The fourth-order valence-corrected chi connectivity index (χ4v) is 4.04. The first kappa shape index (κ1) is 19.2. The highest BCUT2D eigenvalue weighted by atomic mass is 16.2. The topological polar surface area (TPSA) is 63.1 Å². The van der Waals surface area contributed by atoms with Crippen LogP contribution in [0.4, 0.5) is 4.79 Å². The van der Waals surface area contributed by atoms with Gasteiger partial charge in [-0.15, -0.1) is 0 Å². The molecule has 0 bridgehead atoms. The summed E-state index contributed by atoms with van der Waals surface area (Å²) >= 11 is 0. The number of carbonyl (C=O) groups excluding carboxylic acids is 1. The number of likely N-dealkylation sites (tertiary alicyclic amines) is 1. The second-order valence-electron chi connectivity index (χ2n) is 7.54. The van der Waals surface area contributed by atoms with Gasteiger partial charge in [0, 0.05) is 49.5 Å². The molecule has 3 aromatic rings. The maximum absolute atomic E-state index is 12.7. The molecule has 1 N–H and O–H groups in total. The number of nitrogens with zero attached hydrogens (tertiary/aromatic N) is 4. The Balaban J connectivity index is 1.41. The Kier molecular flexibility index (Phi) is 5.89. The number of amides is 2. The average Bonchev–Trinajstić information content (AvgIpc) is 3.16. The number of imidazole rings is 1. The molecule has 1 saturated heterocycles. The molecule has 2 amide bonds. The van der Waals surface area contributed by atoms with E-state index in [2.05, 4.69) is 38.9 Å². The minimum atomic E-state index is 0.0197. The largest absolute Gasteiger partial charge is 0.338 e. The summed E-state index contributed by atoms with van der Waals surface area (Å²) in [5.74, 6) is 0.923. The molecule has 1 aliphatic rings. The molecule has 6 heteroatoms. The summed E-state index contributed by atoms with van der Waals surface area (Å²) in [6.45, 7) is 4.21. The number of pyridine rings is 1. The van der Waals surface area contributed by atoms with Crippen LogP contribution in [-0.4, -0.2) is 45.1 Å². The number of hydrogen-bond acceptors (Lipinski definition) is 3. The third-order valence-corrected chi connectivity index (χ3v) is 5.48. The number of piperidine rings is 1. The number of hydrogen-bond donors (Lipinski definition) is 1. The van der Waals surface area contributed by atoms with Crippen LogP contribution in [0.1, 0.15) is 30.1 Å². The smallest absolute Gasteiger partial charge is 0.317 e. The van der Waals surface area contributed by atoms with Crippen LogP contribution in [0.3, 0.4) is 0 Å². The Hall–Kier alpha value is -3.15. The predicted molar refractivity (Wildman–Crippen MR) is 114 cm³/mol. The van der Waals surface area contributed by atoms with Gasteiger partial charge in [-0.3, -0.25) is 4.98 Å². The molecule has 0 radical (unpaired) electrons. The van der Waals surface area contributed by atoms with Gasteiger partial charge in [-0.2, -0.15) is 0 Å². The number of aryl methyl sites for hydroxylation is 1. The zero-order valence-electron chi connectivity index (χ0n) is 16.8. The van der Waals surface area contributed by atoms with E-state index in [0.29, 0.717) is 13.1 Å². The quantitative estimate of drug-likeness (QED) is 0.721. The van der Waals surface area contributed by atoms with Gasteiger partial charge in [-0.1, -0.05) is 30.3 Å². The van der Waals surface area contributed by atoms with Crippen LogP contribution in [0.15, 0.2) is 61.1 Å². The zero-order valence-corrected chi connectivity index (χ0v) is 16.8. The van der Waals surface area contributed by atoms with Crippen molar-refractivity contribution in [3.63, 3.8) is 0 Å². The molecule has 29 heavy (non-hydrogen) atoms. The first-order valence-corrected chi connectivity index (χ1v) is 10.2. The van der Waals surface area contributed by atoms with Crippen molar-refractivity contribution >= 4 is 6.03 Å². The molecule has 4 rings (SSSR count). The number of nitrogens with one attached hydrogen (secondary N) is 1. The van der Waals surface area contributed by atoms with Gasteiger partial charge in [0.2, 0.25) is 0 Å². The van der Waals surface area contributed by atoms with E-state index in [1.165, 1.54) is 5.56 Å². The van der Waals surface area contributed by atoms with Crippen LogP contribution in [0.25, 0.3) is 11.4 Å². The number of carbonyl (C=O) groups is 1. The molecule has 1 fully saturated rings. The Morgan fingerprint density at radius 2 is 2.03 bits per heavy atom. The van der Waals surface area contributed by atoms with Crippen molar-refractivity contribution in [3.8, 4) is 11.4 Å². The van der Waals surface area contributed by atoms with Gasteiger partial charge in [0.25, 0.3) is 0 Å². The fraction of sp³-hybridized carbons (Fsp3) is 0.348. The maximum Gasteiger partial charge on any atom is 0.317 e. The summed E-state index contributed by atoms with van der Waals surface area (Å²) in [5.41, 5.74) is 3.35. The summed E-state index contributed by atoms with van der Waals surface area (Å²) in [4.78, 5) is 23.5. The Morgan fingerprint density at radius 3 is 2.83 bits per heavy atom. The van der Waals surface area contributed by atoms with E-state index in [9.17, 15) is 4.79 Å². The van der Waals surface area contributed by atoms with Crippen LogP contribution < -0.4 is 5.32 Å². The van der Waals surface area contributed by atoms with Crippen molar-refractivity contribution in [1.82, 2.24) is 24.8 Å². The van der Waals surface area contributed by atoms with Crippen molar-refractivity contribution in [2.45, 2.75) is 32.2 Å². The lowest BCUT2D eigenvalue weighted by molar-refractivity contribution is 0.167. The second-order valence-corrected chi connectivity index (χ2v) is 7.54. The Morgan fingerprint density at radius 1 is 1.17 bits per heavy atom. The molecule has 3 heterocycles. The Bertz CT molecular complexity index is 938. The highest BCUT2D eigenvalue weighted by Crippen LogP contribution is 2.29. The summed E-state index contributed by atoms with van der Waals surface area (Å²) in [6, 6.07) is 14.4. The maximum atomic E-state index is 12.7. The molecular formula is C23H27N5O. The molecule has 1 unspecified atom stereocenters. The van der Waals surface area contributed by atoms with Gasteiger partial charge in [0.05, 0.1) is 6.04 Å². The van der Waals surface area contributed by atoms with E-state index < -0.39 is 0 Å². The lowest BCUT2D eigenvalue weighted by Crippen LogP contribution is -2.46. The van der Waals surface area contributed by atoms with Crippen molar-refractivity contribution in [1.29, 1.82) is 0 Å². The van der Waals surface area contributed by atoms with Crippen LogP contribution in [-0.2, 0) is 6.42 Å². The summed E-state index contributed by atoms with van der Waals surface area (Å²) in [6.07, 6.45) is 8.39. The molecule has 6 nitrogen and oxygen atoms in total. The average molecular weight is 390 g/mol. The van der Waals surface area contributed by atoms with E-state index >= 15 is 0 Å². The Labute approximate surface area is 171 Å². The van der Waals surface area contributed by atoms with Gasteiger partial charge in [0.15, 0.2) is 0 Å². The molecule has 0 saturated carbocycles. The minimum Gasteiger partial charge on any atom is -0.338 e. The number of aromatic nitrogens is 3. The van der Waals surface area contributed by atoms with Crippen LogP contribution in [0, 0.1) is 6.92 Å². The van der Waals surface area contributed by atoms with E-state index in [4.69, 9.17) is 0 Å². The van der Waals surface area contributed by atoms with E-state index in [0.717, 1.165) is 42.9 Å². The van der Waals surface area contributed by atoms with E-state index in [1.54, 1.807) is 6.20 Å². The third kappa shape index (κ3) is 4.47. The second kappa shape index (κ2) is 8.90. The lowest BCUT2D eigenvalue weighted by atomic mass is 10.0. The molecule has 2 aromatic heterocycles. The van der Waals surface area contributed by atoms with Gasteiger partial charge in [-0.05, 0) is 43.9 Å². The SMILES string of the molecule is Cc1cnc(-c2cccnc2)n1C1CCCN(C(=O)NCCc2ccccc2)C1. The highest BCUT2D eigenvalue weighted by Gasteiger charge is 2.27. The zero-order chi connectivity index (χ0) is 20.1. The number of rotatable bonds is 5. The molecule has 1 aromatic carbocycles. The van der Waals surface area contributed by atoms with Gasteiger partial charge < -0.3 is 14.8 Å². The first-order chi connectivity index (χ1) is 14.2. The molecule has 150 valence electrons. The molecule has 1 atom stereocenters. The van der Waals surface area contributed by atoms with Crippen LogP contribution in [0.2, 0.25) is 0 Å². The van der Waals surface area contributed by atoms with Crippen molar-refractivity contribution in [2.75, 3.05) is 19.6 Å². The summed E-state index contributed by atoms with van der Waals surface area (Å²) < 4.78 is 2.26. The van der Waals surface area contributed by atoms with Gasteiger partial charge in [0.1, 0.15) is 5.82 Å². The summed E-state index contributed by atoms with van der Waals surface area (Å²) in [5, 5.41) is 3.08. The molecule has 0 spiro atoms. The van der Waals surface area contributed by atoms with Crippen LogP contribution >= 0.6 is 0 Å². The minimum absolute atomic E-state index is 0.0197. The first-order valence-electron chi connectivity index (χ1n) is 10.2. The third-order valence-electron chi connectivity index (χ3n) is 5.48. The normalized spacial score (nSPS) is 16.6. The standard InChI is InChI=1S/C23H27N5O/c1-18-15-26-22(20-9-5-12-24-16-20)28(18)21-10-6-14-27(17-21)23(29)25-13-11-19-7-3-2-4-8-19/h2-5,7-9,12,15-16,21H,6,10-11,13-14,17H2,1H3,(H,25,29). The van der Waals surface area contributed by atoms with Crippen molar-refractivity contribution in [2.24, 2.45) is 0 Å². The predicted octanol–water partition coefficient (Wildman–Crippen LogP) is 3.84. The van der Waals surface area contributed by atoms with Crippen molar-refractivity contribution < 1.29 is 4.79 Å². The van der Waals surface area contributed by atoms with Gasteiger partial charge in [-0.25, -0.2) is 9.78 Å². The lowest BCUT2D eigenvalue weighted by Gasteiger charge is -2.34. The van der Waals surface area contributed by atoms with E-state index in [1.807, 2.05) is 47.6 Å². The molecule has 1 aliphatic heterocycles. The van der Waals surface area contributed by atoms with Gasteiger partial charge >= 0.3 is 6.03 Å². The monoisotopic (exact) mass is 389 g/mol. The fourth-order valence-electron chi connectivity index (χ4n) is 4.04. The number of benzene rings is 1. The van der Waals surface area contributed by atoms with Crippen molar-refractivity contribution in [3.05, 3.63) is 72.3 Å². The van der Waals surface area contributed by atoms with E-state index in [-0.39, 0.29) is 12.1 Å². The highest BCUT2D eigenvalue weighted by molar-refractivity contribution is 5.74. The summed E-state index contributed by atoms with van der Waals surface area (Å²) in [7, 11) is 0. The van der Waals surface area contributed by atoms with Crippen LogP contribution in [0.5, 0.6) is 0 Å². The number of urea groups is 1.